The molecule has 0 fully saturated rings. The molecular formula is C18H22N4. The third-order valence-corrected chi connectivity index (χ3v) is 4.36. The molecular weight excluding hydrogens is 272 g/mol. The maximum atomic E-state index is 9.57. The standard InChI is InChI=1S/C18H22N4/c1-12(2)22-10-13(3)5-14-6-17(15(8-19)7-18(14)22)16-9-20-21(4)11-16/h6-7,9,11-13H,5,10H2,1-4H3/t13-/m0/s1. The maximum Gasteiger partial charge on any atom is 0.0998 e. The molecule has 0 bridgehead atoms. The van der Waals surface area contributed by atoms with Crippen LogP contribution in [0.25, 0.3) is 11.1 Å². The van der Waals surface area contributed by atoms with Gasteiger partial charge in [-0.25, -0.2) is 0 Å². The van der Waals surface area contributed by atoms with E-state index in [0.717, 1.165) is 29.7 Å². The van der Waals surface area contributed by atoms with Crippen LogP contribution in [0.5, 0.6) is 0 Å². The first-order valence-electron chi connectivity index (χ1n) is 7.82. The van der Waals surface area contributed by atoms with E-state index >= 15 is 0 Å². The molecule has 0 saturated carbocycles. The Balaban J connectivity index is 2.16. The number of anilines is 1. The number of aryl methyl sites for hydroxylation is 1. The van der Waals surface area contributed by atoms with Crippen LogP contribution in [0.2, 0.25) is 0 Å². The summed E-state index contributed by atoms with van der Waals surface area (Å²) >= 11 is 0. The van der Waals surface area contributed by atoms with Gasteiger partial charge in [-0.05, 0) is 43.9 Å². The van der Waals surface area contributed by atoms with Crippen molar-refractivity contribution in [3.8, 4) is 17.2 Å². The van der Waals surface area contributed by atoms with Gasteiger partial charge in [-0.15, -0.1) is 0 Å². The lowest BCUT2D eigenvalue weighted by Gasteiger charge is -2.38. The van der Waals surface area contributed by atoms with Crippen LogP contribution in [-0.4, -0.2) is 22.4 Å². The van der Waals surface area contributed by atoms with Crippen molar-refractivity contribution in [3.63, 3.8) is 0 Å². The van der Waals surface area contributed by atoms with Crippen molar-refractivity contribution in [3.05, 3.63) is 35.7 Å². The Labute approximate surface area is 132 Å². The van der Waals surface area contributed by atoms with Crippen LogP contribution in [0, 0.1) is 17.2 Å². The fraction of sp³-hybridized carbons (Fsp3) is 0.444. The Kier molecular flexibility index (Phi) is 3.66. The molecule has 2 heterocycles. The average Bonchev–Trinajstić information content (AvgIpc) is 2.91. The largest absolute Gasteiger partial charge is 0.369 e. The summed E-state index contributed by atoms with van der Waals surface area (Å²) in [7, 11) is 1.90. The van der Waals surface area contributed by atoms with Crippen LogP contribution < -0.4 is 4.90 Å². The van der Waals surface area contributed by atoms with Crippen LogP contribution in [0.15, 0.2) is 24.5 Å². The highest BCUT2D eigenvalue weighted by molar-refractivity contribution is 5.75. The van der Waals surface area contributed by atoms with Crippen molar-refractivity contribution in [2.75, 3.05) is 11.4 Å². The van der Waals surface area contributed by atoms with Crippen molar-refractivity contribution in [2.45, 2.75) is 33.2 Å². The molecule has 1 aromatic carbocycles. The van der Waals surface area contributed by atoms with Crippen LogP contribution in [-0.2, 0) is 13.5 Å². The van der Waals surface area contributed by atoms with Gasteiger partial charge in [-0.2, -0.15) is 10.4 Å². The van der Waals surface area contributed by atoms with Crippen molar-refractivity contribution < 1.29 is 0 Å². The van der Waals surface area contributed by atoms with Gasteiger partial charge in [0.25, 0.3) is 0 Å². The molecule has 0 N–H and O–H groups in total. The molecule has 22 heavy (non-hydrogen) atoms. The lowest BCUT2D eigenvalue weighted by molar-refractivity contribution is 0.505. The summed E-state index contributed by atoms with van der Waals surface area (Å²) in [4.78, 5) is 2.41. The predicted molar refractivity (Wildman–Crippen MR) is 88.7 cm³/mol. The maximum absolute atomic E-state index is 9.57. The number of hydrogen-bond donors (Lipinski definition) is 0. The van der Waals surface area contributed by atoms with Crippen LogP contribution in [0.3, 0.4) is 0 Å². The van der Waals surface area contributed by atoms with E-state index in [1.54, 1.807) is 4.68 Å². The SMILES string of the molecule is CC(C)N1C[C@@H](C)Cc2cc(-c3cnn(C)c3)c(C#N)cc21. The van der Waals surface area contributed by atoms with E-state index in [9.17, 15) is 5.26 Å². The summed E-state index contributed by atoms with van der Waals surface area (Å²) in [6, 6.07) is 7.05. The van der Waals surface area contributed by atoms with E-state index in [1.165, 1.54) is 11.3 Å². The topological polar surface area (TPSA) is 44.9 Å². The number of nitrogens with zero attached hydrogens (tertiary/aromatic N) is 4. The highest BCUT2D eigenvalue weighted by Crippen LogP contribution is 2.36. The normalized spacial score (nSPS) is 17.5. The molecule has 1 aliphatic heterocycles. The molecule has 1 atom stereocenters. The van der Waals surface area contributed by atoms with Crippen LogP contribution in [0.1, 0.15) is 31.9 Å². The van der Waals surface area contributed by atoms with E-state index in [0.29, 0.717) is 12.0 Å². The number of benzene rings is 1. The van der Waals surface area contributed by atoms with Gasteiger partial charge in [0, 0.05) is 42.6 Å². The number of nitriles is 1. The van der Waals surface area contributed by atoms with E-state index in [-0.39, 0.29) is 0 Å². The van der Waals surface area contributed by atoms with E-state index < -0.39 is 0 Å². The second kappa shape index (κ2) is 5.49. The van der Waals surface area contributed by atoms with Crippen LogP contribution >= 0.6 is 0 Å². The highest BCUT2D eigenvalue weighted by Gasteiger charge is 2.25. The quantitative estimate of drug-likeness (QED) is 0.853. The zero-order valence-electron chi connectivity index (χ0n) is 13.7. The molecule has 0 radical (unpaired) electrons. The number of hydrogen-bond acceptors (Lipinski definition) is 3. The molecule has 3 rings (SSSR count). The Morgan fingerprint density at radius 3 is 2.73 bits per heavy atom. The van der Waals surface area contributed by atoms with Gasteiger partial charge in [0.1, 0.15) is 0 Å². The molecule has 0 aliphatic carbocycles. The van der Waals surface area contributed by atoms with E-state index in [4.69, 9.17) is 0 Å². The molecule has 0 spiro atoms. The molecule has 2 aromatic rings. The lowest BCUT2D eigenvalue weighted by atomic mass is 9.89. The van der Waals surface area contributed by atoms with Crippen molar-refractivity contribution in [2.24, 2.45) is 13.0 Å². The Bertz CT molecular complexity index is 736. The first-order valence-corrected chi connectivity index (χ1v) is 7.82. The van der Waals surface area contributed by atoms with Crippen LogP contribution in [0.4, 0.5) is 5.69 Å². The molecule has 0 unspecified atom stereocenters. The molecule has 0 amide bonds. The van der Waals surface area contributed by atoms with Gasteiger partial charge in [-0.1, -0.05) is 6.92 Å². The second-order valence-electron chi connectivity index (χ2n) is 6.60. The molecule has 1 aliphatic rings. The lowest BCUT2D eigenvalue weighted by Crippen LogP contribution is -2.39. The molecule has 4 nitrogen and oxygen atoms in total. The number of rotatable bonds is 2. The van der Waals surface area contributed by atoms with Gasteiger partial charge >= 0.3 is 0 Å². The fourth-order valence-corrected chi connectivity index (χ4v) is 3.32. The Morgan fingerprint density at radius 2 is 2.14 bits per heavy atom. The zero-order valence-corrected chi connectivity index (χ0v) is 13.7. The van der Waals surface area contributed by atoms with E-state index in [2.05, 4.69) is 49.0 Å². The monoisotopic (exact) mass is 294 g/mol. The van der Waals surface area contributed by atoms with Crippen molar-refractivity contribution >= 4 is 5.69 Å². The summed E-state index contributed by atoms with van der Waals surface area (Å²) < 4.78 is 1.78. The third-order valence-electron chi connectivity index (χ3n) is 4.36. The summed E-state index contributed by atoms with van der Waals surface area (Å²) in [6.45, 7) is 7.77. The van der Waals surface area contributed by atoms with Gasteiger partial charge in [0.05, 0.1) is 17.8 Å². The molecule has 4 heteroatoms. The minimum Gasteiger partial charge on any atom is -0.369 e. The number of aromatic nitrogens is 2. The van der Waals surface area contributed by atoms with E-state index in [1.807, 2.05) is 19.4 Å². The van der Waals surface area contributed by atoms with Crippen molar-refractivity contribution in [1.29, 1.82) is 5.26 Å². The first-order chi connectivity index (χ1) is 10.5. The average molecular weight is 294 g/mol. The molecule has 0 saturated heterocycles. The minimum atomic E-state index is 0.442. The zero-order chi connectivity index (χ0) is 15.9. The smallest absolute Gasteiger partial charge is 0.0998 e. The predicted octanol–water partition coefficient (Wildman–Crippen LogP) is 3.37. The van der Waals surface area contributed by atoms with Gasteiger partial charge in [0.15, 0.2) is 0 Å². The Hall–Kier alpha value is -2.28. The first kappa shape index (κ1) is 14.6. The third kappa shape index (κ3) is 2.48. The molecule has 1 aromatic heterocycles. The number of fused-ring (bicyclic) bond motifs is 1. The van der Waals surface area contributed by atoms with Gasteiger partial charge < -0.3 is 4.90 Å². The summed E-state index contributed by atoms with van der Waals surface area (Å²) in [5, 5.41) is 13.8. The minimum absolute atomic E-state index is 0.442. The van der Waals surface area contributed by atoms with Crippen molar-refractivity contribution in [1.82, 2.24) is 9.78 Å². The second-order valence-corrected chi connectivity index (χ2v) is 6.60. The van der Waals surface area contributed by atoms with Gasteiger partial charge in [-0.3, -0.25) is 4.68 Å². The summed E-state index contributed by atoms with van der Waals surface area (Å²) in [5.74, 6) is 0.629. The highest BCUT2D eigenvalue weighted by atomic mass is 15.2. The fourth-order valence-electron chi connectivity index (χ4n) is 3.32. The molecule has 114 valence electrons. The Morgan fingerprint density at radius 1 is 1.36 bits per heavy atom. The summed E-state index contributed by atoms with van der Waals surface area (Å²) in [5.41, 5.74) is 5.29. The summed E-state index contributed by atoms with van der Waals surface area (Å²) in [6.07, 6.45) is 4.86. The van der Waals surface area contributed by atoms with Gasteiger partial charge in [0.2, 0.25) is 0 Å².